The van der Waals surface area contributed by atoms with Crippen LogP contribution >= 0.6 is 0 Å². The standard InChI is InChI=1S/C24H28F4N2O6/c25-15-9-16(26)21(28)22(20(15)27)36-12-18(31)17(10-19(32)33)29-23(34)14-7-3-4-8-30(11-14)24(35)13-5-1-2-6-13/h9,13-14,17H,1-8,10-12H2,(H,29,34)(H,32,33). The quantitative estimate of drug-likeness (QED) is 0.386. The van der Waals surface area contributed by atoms with Gasteiger partial charge in [-0.25, -0.2) is 8.78 Å². The van der Waals surface area contributed by atoms with Crippen molar-refractivity contribution in [1.29, 1.82) is 0 Å². The zero-order valence-corrected chi connectivity index (χ0v) is 19.5. The van der Waals surface area contributed by atoms with Crippen LogP contribution in [0.4, 0.5) is 17.6 Å². The van der Waals surface area contributed by atoms with E-state index in [1.54, 1.807) is 4.90 Å². The van der Waals surface area contributed by atoms with Crippen molar-refractivity contribution in [2.75, 3.05) is 19.7 Å². The van der Waals surface area contributed by atoms with Crippen molar-refractivity contribution >= 4 is 23.6 Å². The molecule has 1 aromatic rings. The lowest BCUT2D eigenvalue weighted by Gasteiger charge is -2.27. The molecule has 3 rings (SSSR count). The molecule has 0 radical (unpaired) electrons. The number of halogens is 4. The lowest BCUT2D eigenvalue weighted by atomic mass is 10.00. The Morgan fingerprint density at radius 3 is 2.17 bits per heavy atom. The molecule has 2 fully saturated rings. The highest BCUT2D eigenvalue weighted by Crippen LogP contribution is 2.29. The van der Waals surface area contributed by atoms with Crippen molar-refractivity contribution in [3.05, 3.63) is 29.3 Å². The molecule has 2 unspecified atom stereocenters. The van der Waals surface area contributed by atoms with Crippen molar-refractivity contribution in [3.8, 4) is 5.75 Å². The molecule has 198 valence electrons. The van der Waals surface area contributed by atoms with Crippen LogP contribution in [0.5, 0.6) is 5.75 Å². The number of aliphatic carboxylic acids is 1. The van der Waals surface area contributed by atoms with E-state index in [9.17, 15) is 36.7 Å². The Morgan fingerprint density at radius 2 is 1.56 bits per heavy atom. The normalized spacial score (nSPS) is 19.4. The van der Waals surface area contributed by atoms with Crippen molar-refractivity contribution in [2.24, 2.45) is 11.8 Å². The van der Waals surface area contributed by atoms with Crippen molar-refractivity contribution in [3.63, 3.8) is 0 Å². The van der Waals surface area contributed by atoms with Crippen molar-refractivity contribution in [2.45, 2.75) is 57.4 Å². The largest absolute Gasteiger partial charge is 0.481 e. The van der Waals surface area contributed by atoms with Gasteiger partial charge in [0.1, 0.15) is 12.6 Å². The molecule has 1 saturated heterocycles. The zero-order valence-electron chi connectivity index (χ0n) is 19.5. The predicted molar refractivity (Wildman–Crippen MR) is 117 cm³/mol. The Bertz CT molecular complexity index is 989. The summed E-state index contributed by atoms with van der Waals surface area (Å²) in [7, 11) is 0. The number of nitrogens with one attached hydrogen (secondary N) is 1. The number of rotatable bonds is 9. The lowest BCUT2D eigenvalue weighted by molar-refractivity contribution is -0.141. The van der Waals surface area contributed by atoms with Gasteiger partial charge in [-0.3, -0.25) is 19.2 Å². The van der Waals surface area contributed by atoms with E-state index in [-0.39, 0.29) is 24.4 Å². The summed E-state index contributed by atoms with van der Waals surface area (Å²) in [5.41, 5.74) is 0. The SMILES string of the molecule is O=C(O)CC(NC(=O)C1CCCCN(C(=O)C2CCCC2)C1)C(=O)COc1c(F)c(F)cc(F)c1F. The number of amides is 2. The fourth-order valence-electron chi connectivity index (χ4n) is 4.62. The molecule has 1 aromatic carbocycles. The first-order valence-corrected chi connectivity index (χ1v) is 11.9. The average Bonchev–Trinajstić information content (AvgIpc) is 3.25. The van der Waals surface area contributed by atoms with Gasteiger partial charge in [0, 0.05) is 25.1 Å². The Hall–Kier alpha value is -3.18. The number of Topliss-reactive ketones (excluding diaryl/α,β-unsaturated/α-hetero) is 1. The van der Waals surface area contributed by atoms with Crippen LogP contribution in [-0.2, 0) is 19.2 Å². The molecule has 2 atom stereocenters. The van der Waals surface area contributed by atoms with E-state index in [0.29, 0.717) is 25.8 Å². The number of likely N-dealkylation sites (tertiary alicyclic amines) is 1. The van der Waals surface area contributed by atoms with Crippen LogP contribution in [0.15, 0.2) is 6.07 Å². The maximum Gasteiger partial charge on any atom is 0.305 e. The van der Waals surface area contributed by atoms with Gasteiger partial charge < -0.3 is 20.1 Å². The van der Waals surface area contributed by atoms with Crippen LogP contribution < -0.4 is 10.1 Å². The minimum atomic E-state index is -1.86. The van der Waals surface area contributed by atoms with Gasteiger partial charge in [-0.15, -0.1) is 0 Å². The van der Waals surface area contributed by atoms with Gasteiger partial charge in [0.25, 0.3) is 0 Å². The third-order valence-electron chi connectivity index (χ3n) is 6.57. The highest BCUT2D eigenvalue weighted by Gasteiger charge is 2.34. The Balaban J connectivity index is 1.66. The number of carbonyl (C=O) groups is 4. The molecule has 1 heterocycles. The average molecular weight is 516 g/mol. The molecule has 2 aliphatic rings. The summed E-state index contributed by atoms with van der Waals surface area (Å²) in [4.78, 5) is 51.3. The third-order valence-corrected chi connectivity index (χ3v) is 6.57. The van der Waals surface area contributed by atoms with Crippen LogP contribution in [0, 0.1) is 35.1 Å². The molecular formula is C24H28F4N2O6. The summed E-state index contributed by atoms with van der Waals surface area (Å²) in [6.45, 7) is -0.512. The number of hydrogen-bond acceptors (Lipinski definition) is 5. The molecule has 1 saturated carbocycles. The Kier molecular flexibility index (Phi) is 9.27. The van der Waals surface area contributed by atoms with E-state index in [0.717, 1.165) is 25.7 Å². The fourth-order valence-corrected chi connectivity index (χ4v) is 4.62. The summed E-state index contributed by atoms with van der Waals surface area (Å²) in [5, 5.41) is 11.5. The monoisotopic (exact) mass is 516 g/mol. The van der Waals surface area contributed by atoms with E-state index >= 15 is 0 Å². The maximum atomic E-state index is 13.8. The zero-order chi connectivity index (χ0) is 26.4. The molecule has 2 N–H and O–H groups in total. The second-order valence-corrected chi connectivity index (χ2v) is 9.17. The lowest BCUT2D eigenvalue weighted by Crippen LogP contribution is -2.49. The van der Waals surface area contributed by atoms with Crippen LogP contribution in [0.25, 0.3) is 0 Å². The second-order valence-electron chi connectivity index (χ2n) is 9.17. The molecule has 1 aliphatic heterocycles. The van der Waals surface area contributed by atoms with Crippen LogP contribution in [0.3, 0.4) is 0 Å². The molecule has 1 aliphatic carbocycles. The van der Waals surface area contributed by atoms with Crippen LogP contribution in [0.2, 0.25) is 0 Å². The van der Waals surface area contributed by atoms with Crippen molar-refractivity contribution < 1.29 is 46.6 Å². The van der Waals surface area contributed by atoms with E-state index in [4.69, 9.17) is 5.11 Å². The smallest absolute Gasteiger partial charge is 0.305 e. The molecule has 8 nitrogen and oxygen atoms in total. The van der Waals surface area contributed by atoms with Crippen molar-refractivity contribution in [1.82, 2.24) is 10.2 Å². The Morgan fingerprint density at radius 1 is 0.972 bits per heavy atom. The number of hydrogen-bond donors (Lipinski definition) is 2. The summed E-state index contributed by atoms with van der Waals surface area (Å²) in [5.74, 6) is -12.6. The number of ether oxygens (including phenoxy) is 1. The summed E-state index contributed by atoms with van der Waals surface area (Å²) >= 11 is 0. The minimum absolute atomic E-state index is 0.00913. The Labute approximate surface area is 205 Å². The topological polar surface area (TPSA) is 113 Å². The van der Waals surface area contributed by atoms with Gasteiger partial charge in [0.2, 0.25) is 23.4 Å². The number of ketones is 1. The van der Waals surface area contributed by atoms with Gasteiger partial charge in [0.05, 0.1) is 12.3 Å². The number of nitrogens with zero attached hydrogens (tertiary/aromatic N) is 1. The summed E-state index contributed by atoms with van der Waals surface area (Å²) < 4.78 is 58.9. The van der Waals surface area contributed by atoms with Gasteiger partial charge in [-0.2, -0.15) is 8.78 Å². The highest BCUT2D eigenvalue weighted by atomic mass is 19.2. The number of carboxylic acid groups (broad SMARTS) is 1. The molecule has 12 heteroatoms. The number of benzene rings is 1. The third kappa shape index (κ3) is 6.73. The van der Waals surface area contributed by atoms with Gasteiger partial charge in [-0.05, 0) is 25.7 Å². The molecule has 0 bridgehead atoms. The second kappa shape index (κ2) is 12.2. The number of carboxylic acids is 1. The predicted octanol–water partition coefficient (Wildman–Crippen LogP) is 2.97. The van der Waals surface area contributed by atoms with Gasteiger partial charge >= 0.3 is 5.97 Å². The molecule has 0 aromatic heterocycles. The van der Waals surface area contributed by atoms with Gasteiger partial charge in [-0.1, -0.05) is 19.3 Å². The molecule has 0 spiro atoms. The highest BCUT2D eigenvalue weighted by molar-refractivity contribution is 5.93. The first-order chi connectivity index (χ1) is 17.1. The molecular weight excluding hydrogens is 488 g/mol. The van der Waals surface area contributed by atoms with E-state index in [1.807, 2.05) is 0 Å². The first-order valence-electron chi connectivity index (χ1n) is 11.9. The van der Waals surface area contributed by atoms with Gasteiger partial charge in [0.15, 0.2) is 23.2 Å². The maximum absolute atomic E-state index is 13.8. The minimum Gasteiger partial charge on any atom is -0.481 e. The van der Waals surface area contributed by atoms with Crippen LogP contribution in [0.1, 0.15) is 51.4 Å². The summed E-state index contributed by atoms with van der Waals surface area (Å²) in [6, 6.07) is -1.65. The summed E-state index contributed by atoms with van der Waals surface area (Å²) in [6.07, 6.45) is 4.48. The number of carbonyl (C=O) groups excluding carboxylic acids is 3. The van der Waals surface area contributed by atoms with E-state index in [1.165, 1.54) is 0 Å². The first kappa shape index (κ1) is 27.4. The molecule has 2 amide bonds. The van der Waals surface area contributed by atoms with E-state index in [2.05, 4.69) is 10.1 Å². The van der Waals surface area contributed by atoms with Crippen LogP contribution in [-0.4, -0.2) is 59.3 Å². The van der Waals surface area contributed by atoms with E-state index < -0.39 is 71.7 Å². The molecule has 36 heavy (non-hydrogen) atoms. The fraction of sp³-hybridized carbons (Fsp3) is 0.583.